The van der Waals surface area contributed by atoms with E-state index in [4.69, 9.17) is 17.3 Å². The van der Waals surface area contributed by atoms with Crippen molar-refractivity contribution in [1.82, 2.24) is 9.29 Å². The second-order valence-corrected chi connectivity index (χ2v) is 7.43. The normalized spacial score (nSPS) is 11.9. The Hall–Kier alpha value is -1.15. The zero-order valence-electron chi connectivity index (χ0n) is 10.8. The SMILES string of the molecule is CCN(Cc1cccs1)S(=O)(=O)c1cnc(N)c(Cl)c1. The highest BCUT2D eigenvalue weighted by molar-refractivity contribution is 7.89. The number of thiophene rings is 1. The van der Waals surface area contributed by atoms with Gasteiger partial charge >= 0.3 is 0 Å². The van der Waals surface area contributed by atoms with Crippen LogP contribution in [-0.4, -0.2) is 24.3 Å². The van der Waals surface area contributed by atoms with Gasteiger partial charge in [-0.3, -0.25) is 0 Å². The Morgan fingerprint density at radius 3 is 2.80 bits per heavy atom. The molecule has 0 amide bonds. The summed E-state index contributed by atoms with van der Waals surface area (Å²) in [5.41, 5.74) is 5.50. The second-order valence-electron chi connectivity index (χ2n) is 4.05. The lowest BCUT2D eigenvalue weighted by molar-refractivity contribution is 0.426. The van der Waals surface area contributed by atoms with E-state index in [9.17, 15) is 8.42 Å². The van der Waals surface area contributed by atoms with Gasteiger partial charge in [0.1, 0.15) is 10.7 Å². The van der Waals surface area contributed by atoms with Crippen molar-refractivity contribution in [2.24, 2.45) is 0 Å². The third kappa shape index (κ3) is 3.12. The lowest BCUT2D eigenvalue weighted by atomic mass is 10.4. The van der Waals surface area contributed by atoms with Crippen molar-refractivity contribution in [2.75, 3.05) is 12.3 Å². The van der Waals surface area contributed by atoms with Gasteiger partial charge in [0.25, 0.3) is 0 Å². The lowest BCUT2D eigenvalue weighted by Crippen LogP contribution is -2.30. The fourth-order valence-electron chi connectivity index (χ4n) is 1.66. The quantitative estimate of drug-likeness (QED) is 0.913. The van der Waals surface area contributed by atoms with Crippen molar-refractivity contribution in [3.8, 4) is 0 Å². The van der Waals surface area contributed by atoms with Gasteiger partial charge in [0.15, 0.2) is 0 Å². The Morgan fingerprint density at radius 1 is 1.50 bits per heavy atom. The molecule has 108 valence electrons. The molecule has 0 aliphatic heterocycles. The molecule has 0 unspecified atom stereocenters. The van der Waals surface area contributed by atoms with Gasteiger partial charge in [-0.05, 0) is 17.5 Å². The summed E-state index contributed by atoms with van der Waals surface area (Å²) < 4.78 is 26.5. The zero-order chi connectivity index (χ0) is 14.8. The van der Waals surface area contributed by atoms with Crippen molar-refractivity contribution >= 4 is 38.8 Å². The van der Waals surface area contributed by atoms with E-state index in [1.807, 2.05) is 17.5 Å². The smallest absolute Gasteiger partial charge is 0.244 e. The zero-order valence-corrected chi connectivity index (χ0v) is 13.2. The molecule has 8 heteroatoms. The summed E-state index contributed by atoms with van der Waals surface area (Å²) in [5.74, 6) is 0.118. The molecule has 0 aliphatic carbocycles. The van der Waals surface area contributed by atoms with Gasteiger partial charge in [-0.15, -0.1) is 11.3 Å². The van der Waals surface area contributed by atoms with Crippen molar-refractivity contribution < 1.29 is 8.42 Å². The molecule has 0 atom stereocenters. The largest absolute Gasteiger partial charge is 0.382 e. The number of hydrogen-bond acceptors (Lipinski definition) is 5. The maximum Gasteiger partial charge on any atom is 0.244 e. The van der Waals surface area contributed by atoms with Gasteiger partial charge in [0.05, 0.1) is 5.02 Å². The van der Waals surface area contributed by atoms with Gasteiger partial charge in [-0.1, -0.05) is 24.6 Å². The van der Waals surface area contributed by atoms with Crippen LogP contribution in [0.5, 0.6) is 0 Å². The number of sulfonamides is 1. The monoisotopic (exact) mass is 331 g/mol. The highest BCUT2D eigenvalue weighted by Gasteiger charge is 2.24. The van der Waals surface area contributed by atoms with Crippen LogP contribution in [0.4, 0.5) is 5.82 Å². The second kappa shape index (κ2) is 6.09. The summed E-state index contributed by atoms with van der Waals surface area (Å²) in [4.78, 5) is 4.83. The molecule has 0 aliphatic rings. The first kappa shape index (κ1) is 15.2. The molecule has 0 saturated carbocycles. The van der Waals surface area contributed by atoms with Crippen molar-refractivity contribution in [3.63, 3.8) is 0 Å². The minimum Gasteiger partial charge on any atom is -0.382 e. The van der Waals surface area contributed by atoms with Crippen molar-refractivity contribution in [1.29, 1.82) is 0 Å². The molecule has 20 heavy (non-hydrogen) atoms. The third-order valence-corrected chi connectivity index (χ3v) is 5.80. The number of aromatic nitrogens is 1. The summed E-state index contributed by atoms with van der Waals surface area (Å²) in [6.07, 6.45) is 1.23. The number of nitrogens with zero attached hydrogens (tertiary/aromatic N) is 2. The van der Waals surface area contributed by atoms with Gasteiger partial charge in [0, 0.05) is 24.2 Å². The van der Waals surface area contributed by atoms with Gasteiger partial charge in [-0.2, -0.15) is 4.31 Å². The average molecular weight is 332 g/mol. The number of nitrogen functional groups attached to an aromatic ring is 1. The molecule has 0 radical (unpaired) electrons. The Morgan fingerprint density at radius 2 is 2.25 bits per heavy atom. The fourth-order valence-corrected chi connectivity index (χ4v) is 4.10. The van der Waals surface area contributed by atoms with E-state index >= 15 is 0 Å². The molecule has 0 saturated heterocycles. The van der Waals surface area contributed by atoms with Crippen LogP contribution in [0.15, 0.2) is 34.7 Å². The Bertz CT molecular complexity index is 687. The summed E-state index contributed by atoms with van der Waals surface area (Å²) in [5, 5.41) is 2.05. The number of anilines is 1. The maximum absolute atomic E-state index is 12.5. The molecular weight excluding hydrogens is 318 g/mol. The molecule has 2 N–H and O–H groups in total. The van der Waals surface area contributed by atoms with E-state index in [-0.39, 0.29) is 15.7 Å². The Balaban J connectivity index is 2.33. The van der Waals surface area contributed by atoms with Crippen LogP contribution in [0, 0.1) is 0 Å². The lowest BCUT2D eigenvalue weighted by Gasteiger charge is -2.19. The molecule has 5 nitrogen and oxygen atoms in total. The average Bonchev–Trinajstić information content (AvgIpc) is 2.91. The molecule has 0 spiro atoms. The van der Waals surface area contributed by atoms with Crippen LogP contribution in [0.3, 0.4) is 0 Å². The fraction of sp³-hybridized carbons (Fsp3) is 0.250. The molecule has 2 aromatic heterocycles. The molecule has 0 aromatic carbocycles. The van der Waals surface area contributed by atoms with Crippen LogP contribution < -0.4 is 5.73 Å². The summed E-state index contributed by atoms with van der Waals surface area (Å²) in [6.45, 7) is 2.48. The van der Waals surface area contributed by atoms with E-state index in [0.29, 0.717) is 13.1 Å². The van der Waals surface area contributed by atoms with Crippen molar-refractivity contribution in [3.05, 3.63) is 39.7 Å². The predicted octanol–water partition coefficient (Wildman–Crippen LogP) is 2.59. The van der Waals surface area contributed by atoms with Gasteiger partial charge < -0.3 is 5.73 Å². The van der Waals surface area contributed by atoms with Crippen LogP contribution >= 0.6 is 22.9 Å². The number of halogens is 1. The van der Waals surface area contributed by atoms with E-state index in [2.05, 4.69) is 4.98 Å². The summed E-state index contributed by atoms with van der Waals surface area (Å²) in [6, 6.07) is 5.12. The molecule has 0 fully saturated rings. The van der Waals surface area contributed by atoms with Crippen LogP contribution in [0.2, 0.25) is 5.02 Å². The Labute approximate surface area is 127 Å². The van der Waals surface area contributed by atoms with E-state index < -0.39 is 10.0 Å². The number of pyridine rings is 1. The van der Waals surface area contributed by atoms with E-state index in [1.165, 1.54) is 27.9 Å². The third-order valence-electron chi connectivity index (χ3n) is 2.75. The Kier molecular flexibility index (Phi) is 4.64. The molecule has 2 aromatic rings. The summed E-state index contributed by atoms with van der Waals surface area (Å²) >= 11 is 7.36. The highest BCUT2D eigenvalue weighted by Crippen LogP contribution is 2.24. The maximum atomic E-state index is 12.5. The van der Waals surface area contributed by atoms with Gasteiger partial charge in [-0.25, -0.2) is 13.4 Å². The minimum absolute atomic E-state index is 0.0510. The van der Waals surface area contributed by atoms with E-state index in [1.54, 1.807) is 6.92 Å². The minimum atomic E-state index is -3.63. The van der Waals surface area contributed by atoms with E-state index in [0.717, 1.165) is 4.88 Å². The van der Waals surface area contributed by atoms with Gasteiger partial charge in [0.2, 0.25) is 10.0 Å². The first-order valence-corrected chi connectivity index (χ1v) is 8.58. The number of nitrogens with two attached hydrogens (primary N) is 1. The molecular formula is C12H14ClN3O2S2. The highest BCUT2D eigenvalue weighted by atomic mass is 35.5. The topological polar surface area (TPSA) is 76.3 Å². The van der Waals surface area contributed by atoms with Crippen molar-refractivity contribution in [2.45, 2.75) is 18.4 Å². The van der Waals surface area contributed by atoms with Crippen LogP contribution in [0.1, 0.15) is 11.8 Å². The molecule has 0 bridgehead atoms. The first-order chi connectivity index (χ1) is 9.45. The number of hydrogen-bond donors (Lipinski definition) is 1. The van der Waals surface area contributed by atoms with Crippen LogP contribution in [-0.2, 0) is 16.6 Å². The molecule has 2 heterocycles. The van der Waals surface area contributed by atoms with Crippen LogP contribution in [0.25, 0.3) is 0 Å². The molecule has 2 rings (SSSR count). The predicted molar refractivity (Wildman–Crippen MR) is 81.2 cm³/mol. The number of rotatable bonds is 5. The summed E-state index contributed by atoms with van der Waals surface area (Å²) in [7, 11) is -3.63. The first-order valence-electron chi connectivity index (χ1n) is 5.88. The standard InChI is InChI=1S/C12H14ClN3O2S2/c1-2-16(8-9-4-3-5-19-9)20(17,18)10-6-11(13)12(14)15-7-10/h3-7H,2,8H2,1H3,(H2,14,15).